The number of halogens is 4. The molecule has 27 heavy (non-hydrogen) atoms. The van der Waals surface area contributed by atoms with E-state index in [9.17, 15) is 22.4 Å². The molecule has 0 saturated carbocycles. The predicted octanol–water partition coefficient (Wildman–Crippen LogP) is 4.94. The molecule has 2 aromatic heterocycles. The number of oxazole rings is 1. The van der Waals surface area contributed by atoms with Crippen LogP contribution < -0.4 is 0 Å². The molecule has 1 aromatic carbocycles. The van der Waals surface area contributed by atoms with Crippen molar-refractivity contribution in [2.45, 2.75) is 25.4 Å². The highest BCUT2D eigenvalue weighted by Crippen LogP contribution is 2.34. The van der Waals surface area contributed by atoms with Gasteiger partial charge in [-0.15, -0.1) is 0 Å². The number of hydrogen-bond donors (Lipinski definition) is 0. The van der Waals surface area contributed by atoms with Gasteiger partial charge >= 0.3 is 6.18 Å². The molecular formula is C19H14F4N2O2. The fourth-order valence-corrected chi connectivity index (χ4v) is 2.78. The van der Waals surface area contributed by atoms with E-state index < -0.39 is 29.3 Å². The van der Waals surface area contributed by atoms with Crippen LogP contribution in [-0.2, 0) is 6.18 Å². The monoisotopic (exact) mass is 378 g/mol. The lowest BCUT2D eigenvalue weighted by Gasteiger charge is -2.17. The number of aromatic nitrogens is 2. The van der Waals surface area contributed by atoms with Crippen LogP contribution in [0.3, 0.4) is 0 Å². The third-order valence-corrected chi connectivity index (χ3v) is 4.15. The van der Waals surface area contributed by atoms with E-state index in [2.05, 4.69) is 9.97 Å². The van der Waals surface area contributed by atoms with Crippen LogP contribution in [0.5, 0.6) is 0 Å². The number of alkyl halides is 3. The van der Waals surface area contributed by atoms with E-state index in [4.69, 9.17) is 4.42 Å². The van der Waals surface area contributed by atoms with Gasteiger partial charge in [0, 0.05) is 18.5 Å². The first-order chi connectivity index (χ1) is 12.8. The van der Waals surface area contributed by atoms with E-state index in [1.807, 2.05) is 0 Å². The molecule has 0 saturated heterocycles. The van der Waals surface area contributed by atoms with E-state index in [1.165, 1.54) is 30.5 Å². The van der Waals surface area contributed by atoms with Crippen molar-refractivity contribution in [3.63, 3.8) is 0 Å². The maximum atomic E-state index is 14.3. The van der Waals surface area contributed by atoms with Gasteiger partial charge in [0.25, 0.3) is 0 Å². The number of pyridine rings is 1. The zero-order valence-corrected chi connectivity index (χ0v) is 14.1. The lowest BCUT2D eigenvalue weighted by atomic mass is 9.88. The van der Waals surface area contributed by atoms with Gasteiger partial charge < -0.3 is 4.42 Å². The minimum Gasteiger partial charge on any atom is -0.440 e. The van der Waals surface area contributed by atoms with E-state index in [0.717, 1.165) is 18.5 Å². The van der Waals surface area contributed by atoms with Crippen molar-refractivity contribution in [3.05, 3.63) is 83.1 Å². The van der Waals surface area contributed by atoms with Crippen LogP contribution in [0, 0.1) is 12.7 Å². The fourth-order valence-electron chi connectivity index (χ4n) is 2.78. The molecule has 140 valence electrons. The van der Waals surface area contributed by atoms with E-state index in [-0.39, 0.29) is 17.9 Å². The van der Waals surface area contributed by atoms with Crippen molar-refractivity contribution in [1.29, 1.82) is 0 Å². The average Bonchev–Trinajstić information content (AvgIpc) is 3.06. The zero-order chi connectivity index (χ0) is 19.6. The highest BCUT2D eigenvalue weighted by atomic mass is 19.4. The summed E-state index contributed by atoms with van der Waals surface area (Å²) in [6.07, 6.45) is -2.23. The lowest BCUT2D eigenvalue weighted by Crippen LogP contribution is -2.13. The molecule has 1 atom stereocenters. The zero-order valence-electron chi connectivity index (χ0n) is 14.1. The van der Waals surface area contributed by atoms with Gasteiger partial charge in [-0.3, -0.25) is 9.78 Å². The second-order valence-electron chi connectivity index (χ2n) is 5.94. The molecule has 0 spiro atoms. The molecule has 3 rings (SSSR count). The molecule has 2 heterocycles. The summed E-state index contributed by atoms with van der Waals surface area (Å²) in [6, 6.07) is 6.82. The van der Waals surface area contributed by atoms with Gasteiger partial charge in [-0.05, 0) is 36.8 Å². The first kappa shape index (κ1) is 18.8. The van der Waals surface area contributed by atoms with E-state index >= 15 is 0 Å². The molecule has 3 aromatic rings. The van der Waals surface area contributed by atoms with Gasteiger partial charge in [-0.2, -0.15) is 13.2 Å². The molecule has 4 nitrogen and oxygen atoms in total. The predicted molar refractivity (Wildman–Crippen MR) is 87.7 cm³/mol. The van der Waals surface area contributed by atoms with Crippen LogP contribution in [0.2, 0.25) is 0 Å². The molecule has 0 N–H and O–H groups in total. The average molecular weight is 378 g/mol. The maximum absolute atomic E-state index is 14.3. The topological polar surface area (TPSA) is 56.0 Å². The number of nitrogens with zero attached hydrogens (tertiary/aromatic N) is 2. The first-order valence-electron chi connectivity index (χ1n) is 7.98. The molecule has 0 amide bonds. The summed E-state index contributed by atoms with van der Waals surface area (Å²) in [5.74, 6) is -1.93. The number of Topliss-reactive ketones (excluding diaryl/α,β-unsaturated/α-hetero) is 1. The van der Waals surface area contributed by atoms with Crippen LogP contribution in [0.15, 0.2) is 53.4 Å². The van der Waals surface area contributed by atoms with Gasteiger partial charge in [-0.1, -0.05) is 12.1 Å². The molecule has 0 aliphatic carbocycles. The van der Waals surface area contributed by atoms with Crippen molar-refractivity contribution in [3.8, 4) is 0 Å². The fraction of sp³-hybridized carbons (Fsp3) is 0.211. The Bertz CT molecular complexity index is 949. The van der Waals surface area contributed by atoms with Crippen molar-refractivity contribution in [2.75, 3.05) is 0 Å². The molecule has 0 fully saturated rings. The van der Waals surface area contributed by atoms with Crippen LogP contribution in [-0.4, -0.2) is 15.8 Å². The summed E-state index contributed by atoms with van der Waals surface area (Å²) < 4.78 is 57.8. The molecule has 0 aliphatic rings. The van der Waals surface area contributed by atoms with Gasteiger partial charge in [-0.25, -0.2) is 9.37 Å². The molecule has 0 aliphatic heterocycles. The molecule has 0 radical (unpaired) electrons. The summed E-state index contributed by atoms with van der Waals surface area (Å²) in [5, 5.41) is 0. The van der Waals surface area contributed by atoms with Crippen molar-refractivity contribution in [1.82, 2.24) is 9.97 Å². The Labute approximate surface area is 151 Å². The summed E-state index contributed by atoms with van der Waals surface area (Å²) in [5.41, 5.74) is -0.134. The highest BCUT2D eigenvalue weighted by molar-refractivity contribution is 5.95. The molecule has 1 unspecified atom stereocenters. The third kappa shape index (κ3) is 4.05. The molecule has 8 heteroatoms. The minimum absolute atomic E-state index is 0.0252. The Balaban J connectivity index is 1.99. The number of aryl methyl sites for hydroxylation is 1. The quantitative estimate of drug-likeness (QED) is 0.466. The van der Waals surface area contributed by atoms with Gasteiger partial charge in [0.15, 0.2) is 12.2 Å². The van der Waals surface area contributed by atoms with Crippen LogP contribution in [0.25, 0.3) is 0 Å². The van der Waals surface area contributed by atoms with Crippen LogP contribution in [0.1, 0.15) is 45.4 Å². The number of benzene rings is 1. The maximum Gasteiger partial charge on any atom is 0.416 e. The molecular weight excluding hydrogens is 364 g/mol. The SMILES string of the molecule is Cc1ncoc1C(=O)CC(c1ccc(C(F)(F)F)cc1)c1ncccc1F. The van der Waals surface area contributed by atoms with Gasteiger partial charge in [0.1, 0.15) is 5.82 Å². The summed E-state index contributed by atoms with van der Waals surface area (Å²) in [7, 11) is 0. The standard InChI is InChI=1S/C19H14F4N2O2/c1-11-18(27-10-25-11)16(26)9-14(17-15(20)3-2-8-24-17)12-4-6-13(7-5-12)19(21,22)23/h2-8,10,14H,9H2,1H3. The Morgan fingerprint density at radius 2 is 1.85 bits per heavy atom. The highest BCUT2D eigenvalue weighted by Gasteiger charge is 2.31. The van der Waals surface area contributed by atoms with Crippen LogP contribution >= 0.6 is 0 Å². The summed E-state index contributed by atoms with van der Waals surface area (Å²) >= 11 is 0. The minimum atomic E-state index is -4.49. The Morgan fingerprint density at radius 1 is 1.15 bits per heavy atom. The number of carbonyl (C=O) groups is 1. The Kier molecular flexibility index (Phi) is 5.07. The number of carbonyl (C=O) groups excluding carboxylic acids is 1. The summed E-state index contributed by atoms with van der Waals surface area (Å²) in [6.45, 7) is 1.59. The molecule has 0 bridgehead atoms. The van der Waals surface area contributed by atoms with Crippen molar-refractivity contribution in [2.24, 2.45) is 0 Å². The second-order valence-corrected chi connectivity index (χ2v) is 5.94. The number of rotatable bonds is 5. The lowest BCUT2D eigenvalue weighted by molar-refractivity contribution is -0.137. The van der Waals surface area contributed by atoms with E-state index in [0.29, 0.717) is 11.3 Å². The first-order valence-corrected chi connectivity index (χ1v) is 7.98. The smallest absolute Gasteiger partial charge is 0.416 e. The third-order valence-electron chi connectivity index (χ3n) is 4.15. The normalized spacial score (nSPS) is 12.8. The van der Waals surface area contributed by atoms with E-state index in [1.54, 1.807) is 6.92 Å². The number of hydrogen-bond acceptors (Lipinski definition) is 4. The number of ketones is 1. The van der Waals surface area contributed by atoms with Crippen LogP contribution in [0.4, 0.5) is 17.6 Å². The second kappa shape index (κ2) is 7.30. The van der Waals surface area contributed by atoms with Gasteiger partial charge in [0.05, 0.1) is 17.0 Å². The van der Waals surface area contributed by atoms with Crippen molar-refractivity contribution >= 4 is 5.78 Å². The van der Waals surface area contributed by atoms with Crippen molar-refractivity contribution < 1.29 is 26.8 Å². The largest absolute Gasteiger partial charge is 0.440 e. The Hall–Kier alpha value is -3.03. The van der Waals surface area contributed by atoms with Gasteiger partial charge in [0.2, 0.25) is 5.78 Å². The summed E-state index contributed by atoms with van der Waals surface area (Å²) in [4.78, 5) is 20.4. The Morgan fingerprint density at radius 3 is 2.41 bits per heavy atom.